The molecular weight excluding hydrogens is 162 g/mol. The van der Waals surface area contributed by atoms with Crippen LogP contribution in [0.1, 0.15) is 46.0 Å². The van der Waals surface area contributed by atoms with Crippen LogP contribution in [-0.4, -0.2) is 35.2 Å². The van der Waals surface area contributed by atoms with E-state index in [4.69, 9.17) is 0 Å². The Morgan fingerprint density at radius 1 is 1.31 bits per heavy atom. The number of β-amino-alcohol motifs (C(OH)–C–C–N with tert-alkyl or cyclic N) is 1. The average molecular weight is 185 g/mol. The zero-order valence-electron chi connectivity index (χ0n) is 9.00. The second kappa shape index (κ2) is 5.61. The van der Waals surface area contributed by atoms with E-state index in [2.05, 4.69) is 18.7 Å². The Labute approximate surface area is 81.9 Å². The smallest absolute Gasteiger partial charge is 0.0679 e. The van der Waals surface area contributed by atoms with Crippen molar-refractivity contribution in [3.63, 3.8) is 0 Å². The first-order chi connectivity index (χ1) is 6.27. The number of nitrogens with zero attached hydrogens (tertiary/aromatic N) is 1. The number of hydrogen-bond donors (Lipinski definition) is 1. The number of aliphatic hydroxyl groups excluding tert-OH is 1. The highest BCUT2D eigenvalue weighted by Crippen LogP contribution is 2.19. The van der Waals surface area contributed by atoms with Gasteiger partial charge in [0.15, 0.2) is 0 Å². The number of rotatable bonds is 5. The highest BCUT2D eigenvalue weighted by molar-refractivity contribution is 4.80. The molecule has 2 heteroatoms. The molecule has 1 aliphatic rings. The summed E-state index contributed by atoms with van der Waals surface area (Å²) in [6, 6.07) is 0.729. The van der Waals surface area contributed by atoms with Crippen molar-refractivity contribution in [2.75, 3.05) is 13.1 Å². The van der Waals surface area contributed by atoms with Crippen LogP contribution in [0.4, 0.5) is 0 Å². The molecule has 0 radical (unpaired) electrons. The molecule has 0 aromatic rings. The normalized spacial score (nSPS) is 24.5. The van der Waals surface area contributed by atoms with Crippen LogP contribution >= 0.6 is 0 Å². The van der Waals surface area contributed by atoms with E-state index < -0.39 is 0 Å². The van der Waals surface area contributed by atoms with Crippen LogP contribution < -0.4 is 0 Å². The molecule has 0 aromatic carbocycles. The van der Waals surface area contributed by atoms with Crippen LogP contribution in [0.3, 0.4) is 0 Å². The van der Waals surface area contributed by atoms with Crippen LogP contribution in [0.25, 0.3) is 0 Å². The van der Waals surface area contributed by atoms with Crippen molar-refractivity contribution in [1.29, 1.82) is 0 Å². The molecule has 0 bridgehead atoms. The minimum atomic E-state index is -0.0591. The summed E-state index contributed by atoms with van der Waals surface area (Å²) in [5.41, 5.74) is 0. The van der Waals surface area contributed by atoms with Gasteiger partial charge in [0.1, 0.15) is 0 Å². The molecular formula is C11H23NO. The second-order valence-corrected chi connectivity index (χ2v) is 4.17. The van der Waals surface area contributed by atoms with Crippen molar-refractivity contribution in [3.8, 4) is 0 Å². The Balaban J connectivity index is 2.35. The van der Waals surface area contributed by atoms with E-state index in [-0.39, 0.29) is 6.10 Å². The van der Waals surface area contributed by atoms with Gasteiger partial charge in [0.2, 0.25) is 0 Å². The maximum Gasteiger partial charge on any atom is 0.0679 e. The SMILES string of the molecule is CCCC(CCC)N1CC[C@H](O)C1. The Morgan fingerprint density at radius 3 is 2.31 bits per heavy atom. The predicted octanol–water partition coefficient (Wildman–Crippen LogP) is 2.02. The highest BCUT2D eigenvalue weighted by atomic mass is 16.3. The topological polar surface area (TPSA) is 23.5 Å². The summed E-state index contributed by atoms with van der Waals surface area (Å²) in [5, 5.41) is 9.44. The third kappa shape index (κ3) is 3.28. The van der Waals surface area contributed by atoms with E-state index in [1.165, 1.54) is 25.7 Å². The van der Waals surface area contributed by atoms with E-state index in [0.717, 1.165) is 25.6 Å². The molecule has 0 unspecified atom stereocenters. The fourth-order valence-electron chi connectivity index (χ4n) is 2.28. The maximum absolute atomic E-state index is 9.44. The molecule has 1 atom stereocenters. The molecule has 78 valence electrons. The van der Waals surface area contributed by atoms with Gasteiger partial charge in [-0.25, -0.2) is 0 Å². The third-order valence-electron chi connectivity index (χ3n) is 2.95. The summed E-state index contributed by atoms with van der Waals surface area (Å²) < 4.78 is 0. The number of aliphatic hydroxyl groups is 1. The standard InChI is InChI=1S/C11H23NO/c1-3-5-10(6-4-2)12-8-7-11(13)9-12/h10-11,13H,3-9H2,1-2H3/t11-/m0/s1. The summed E-state index contributed by atoms with van der Waals surface area (Å²) in [4.78, 5) is 2.47. The van der Waals surface area contributed by atoms with E-state index in [9.17, 15) is 5.11 Å². The van der Waals surface area contributed by atoms with E-state index in [1.807, 2.05) is 0 Å². The van der Waals surface area contributed by atoms with Crippen LogP contribution in [0.5, 0.6) is 0 Å². The summed E-state index contributed by atoms with van der Waals surface area (Å²) in [5.74, 6) is 0. The van der Waals surface area contributed by atoms with Crippen molar-refractivity contribution in [1.82, 2.24) is 4.90 Å². The molecule has 1 N–H and O–H groups in total. The molecule has 0 aromatic heterocycles. The van der Waals surface area contributed by atoms with E-state index in [1.54, 1.807) is 0 Å². The summed E-state index contributed by atoms with van der Waals surface area (Å²) in [7, 11) is 0. The molecule has 1 aliphatic heterocycles. The maximum atomic E-state index is 9.44. The third-order valence-corrected chi connectivity index (χ3v) is 2.95. The van der Waals surface area contributed by atoms with Crippen LogP contribution in [0.2, 0.25) is 0 Å². The number of hydrogen-bond acceptors (Lipinski definition) is 2. The quantitative estimate of drug-likeness (QED) is 0.708. The molecule has 1 saturated heterocycles. The molecule has 1 heterocycles. The van der Waals surface area contributed by atoms with Crippen molar-refractivity contribution < 1.29 is 5.11 Å². The van der Waals surface area contributed by atoms with Crippen LogP contribution in [0, 0.1) is 0 Å². The fraction of sp³-hybridized carbons (Fsp3) is 1.00. The van der Waals surface area contributed by atoms with Gasteiger partial charge < -0.3 is 5.11 Å². The van der Waals surface area contributed by atoms with Gasteiger partial charge in [-0.1, -0.05) is 26.7 Å². The number of likely N-dealkylation sites (tertiary alicyclic amines) is 1. The summed E-state index contributed by atoms with van der Waals surface area (Å²) >= 11 is 0. The molecule has 0 aliphatic carbocycles. The van der Waals surface area contributed by atoms with Crippen LogP contribution in [-0.2, 0) is 0 Å². The summed E-state index contributed by atoms with van der Waals surface area (Å²) in [6.07, 6.45) is 6.02. The lowest BCUT2D eigenvalue weighted by Crippen LogP contribution is -2.33. The Hall–Kier alpha value is -0.0800. The zero-order chi connectivity index (χ0) is 9.68. The largest absolute Gasteiger partial charge is 0.392 e. The summed E-state index contributed by atoms with van der Waals surface area (Å²) in [6.45, 7) is 6.50. The van der Waals surface area contributed by atoms with Gasteiger partial charge in [-0.15, -0.1) is 0 Å². The van der Waals surface area contributed by atoms with Gasteiger partial charge in [0.25, 0.3) is 0 Å². The molecule has 0 saturated carbocycles. The first-order valence-corrected chi connectivity index (χ1v) is 5.70. The van der Waals surface area contributed by atoms with Crippen LogP contribution in [0.15, 0.2) is 0 Å². The Kier molecular flexibility index (Phi) is 4.74. The van der Waals surface area contributed by atoms with Gasteiger partial charge in [0.05, 0.1) is 6.10 Å². The lowest BCUT2D eigenvalue weighted by Gasteiger charge is -2.26. The first-order valence-electron chi connectivity index (χ1n) is 5.70. The van der Waals surface area contributed by atoms with E-state index in [0.29, 0.717) is 0 Å². The molecule has 0 spiro atoms. The Bertz CT molecular complexity index is 132. The van der Waals surface area contributed by atoms with E-state index >= 15 is 0 Å². The molecule has 0 amide bonds. The highest BCUT2D eigenvalue weighted by Gasteiger charge is 2.25. The second-order valence-electron chi connectivity index (χ2n) is 4.17. The van der Waals surface area contributed by atoms with Gasteiger partial charge in [-0.05, 0) is 19.3 Å². The van der Waals surface area contributed by atoms with Crippen molar-refractivity contribution in [2.24, 2.45) is 0 Å². The van der Waals surface area contributed by atoms with Crippen molar-refractivity contribution >= 4 is 0 Å². The average Bonchev–Trinajstić information content (AvgIpc) is 2.51. The lowest BCUT2D eigenvalue weighted by molar-refractivity contribution is 0.151. The fourth-order valence-corrected chi connectivity index (χ4v) is 2.28. The van der Waals surface area contributed by atoms with Crippen molar-refractivity contribution in [3.05, 3.63) is 0 Å². The zero-order valence-corrected chi connectivity index (χ0v) is 9.00. The predicted molar refractivity (Wildman–Crippen MR) is 55.8 cm³/mol. The minimum absolute atomic E-state index is 0.0591. The van der Waals surface area contributed by atoms with Crippen molar-refractivity contribution in [2.45, 2.75) is 58.1 Å². The monoisotopic (exact) mass is 185 g/mol. The van der Waals surface area contributed by atoms with Gasteiger partial charge in [-0.3, -0.25) is 4.90 Å². The molecule has 2 nitrogen and oxygen atoms in total. The molecule has 1 rings (SSSR count). The molecule has 13 heavy (non-hydrogen) atoms. The van der Waals surface area contributed by atoms with Gasteiger partial charge >= 0.3 is 0 Å². The lowest BCUT2D eigenvalue weighted by atomic mass is 10.1. The minimum Gasteiger partial charge on any atom is -0.392 e. The van der Waals surface area contributed by atoms with Gasteiger partial charge in [-0.2, -0.15) is 0 Å². The molecule has 1 fully saturated rings. The van der Waals surface area contributed by atoms with Gasteiger partial charge in [0, 0.05) is 19.1 Å². The first kappa shape index (κ1) is 11.0. The Morgan fingerprint density at radius 2 is 1.92 bits per heavy atom.